The predicted molar refractivity (Wildman–Crippen MR) is 91.9 cm³/mol. The number of aliphatic hydroxyl groups is 1. The Morgan fingerprint density at radius 1 is 1.46 bits per heavy atom. The van der Waals surface area contributed by atoms with Gasteiger partial charge in [-0.3, -0.25) is 9.59 Å². The van der Waals surface area contributed by atoms with Gasteiger partial charge in [0.1, 0.15) is 12.4 Å². The van der Waals surface area contributed by atoms with Crippen LogP contribution in [0.4, 0.5) is 4.39 Å². The lowest BCUT2D eigenvalue weighted by Gasteiger charge is -2.14. The van der Waals surface area contributed by atoms with Gasteiger partial charge in [-0.2, -0.15) is 0 Å². The smallest absolute Gasteiger partial charge is 0.254 e. The summed E-state index contributed by atoms with van der Waals surface area (Å²) >= 11 is 0. The Hall–Kier alpha value is -2.94. The number of carbonyl (C=O) groups is 2. The number of methoxy groups -OCH3 is 1. The van der Waals surface area contributed by atoms with E-state index in [1.807, 2.05) is 0 Å². The first kappa shape index (κ1) is 19.4. The van der Waals surface area contributed by atoms with Crippen LogP contribution in [0.3, 0.4) is 0 Å². The number of aliphatic hydroxyl groups excluding tert-OH is 1. The van der Waals surface area contributed by atoms with Gasteiger partial charge in [0.05, 0.1) is 18.7 Å². The molecule has 2 amide bonds. The zero-order chi connectivity index (χ0) is 19.3. The number of alkyl halides is 1. The molecule has 0 spiro atoms. The quantitative estimate of drug-likeness (QED) is 0.711. The summed E-state index contributed by atoms with van der Waals surface area (Å²) in [6.07, 6.45) is 0.0936. The predicted octanol–water partition coefficient (Wildman–Crippen LogP) is 0.556. The lowest BCUT2D eigenvalue weighted by molar-refractivity contribution is -0.123. The van der Waals surface area contributed by atoms with Gasteiger partial charge in [-0.05, 0) is 23.6 Å². The summed E-state index contributed by atoms with van der Waals surface area (Å²) in [7, 11) is 2.43. The maximum Gasteiger partial charge on any atom is 0.254 e. The molecule has 1 aliphatic heterocycles. The number of benzene rings is 1. The highest BCUT2D eigenvalue weighted by molar-refractivity contribution is 6.01. The molecular formula is C17H20FN3O5. The SMILES string of the molecule is CO.COc1cc2c(OCC3CC(F)C(=O)N3)nccc2cc1C(N)=O. The van der Waals surface area contributed by atoms with Crippen LogP contribution in [-0.4, -0.2) is 54.9 Å². The Labute approximate surface area is 149 Å². The first-order chi connectivity index (χ1) is 12.5. The van der Waals surface area contributed by atoms with E-state index in [1.165, 1.54) is 13.3 Å². The second-order valence-corrected chi connectivity index (χ2v) is 5.47. The van der Waals surface area contributed by atoms with E-state index in [0.717, 1.165) is 7.11 Å². The largest absolute Gasteiger partial charge is 0.496 e. The monoisotopic (exact) mass is 365 g/mol. The maximum atomic E-state index is 13.2. The van der Waals surface area contributed by atoms with E-state index in [1.54, 1.807) is 18.2 Å². The molecule has 2 unspecified atom stereocenters. The van der Waals surface area contributed by atoms with Gasteiger partial charge in [-0.1, -0.05) is 0 Å². The van der Waals surface area contributed by atoms with Crippen LogP contribution in [0.25, 0.3) is 10.8 Å². The van der Waals surface area contributed by atoms with Crippen LogP contribution in [-0.2, 0) is 4.79 Å². The third-order valence-corrected chi connectivity index (χ3v) is 3.86. The summed E-state index contributed by atoms with van der Waals surface area (Å²) in [5, 5.41) is 10.8. The van der Waals surface area contributed by atoms with E-state index in [2.05, 4.69) is 10.3 Å². The Morgan fingerprint density at radius 2 is 2.19 bits per heavy atom. The summed E-state index contributed by atoms with van der Waals surface area (Å²) < 4.78 is 24.0. The van der Waals surface area contributed by atoms with Crippen molar-refractivity contribution in [3.05, 3.63) is 30.0 Å². The number of pyridine rings is 1. The fraction of sp³-hybridized carbons (Fsp3) is 0.353. The van der Waals surface area contributed by atoms with Crippen molar-refractivity contribution >= 4 is 22.6 Å². The van der Waals surface area contributed by atoms with Crippen LogP contribution in [0.5, 0.6) is 11.6 Å². The van der Waals surface area contributed by atoms with Crippen LogP contribution >= 0.6 is 0 Å². The number of hydrogen-bond donors (Lipinski definition) is 3. The molecule has 140 valence electrons. The van der Waals surface area contributed by atoms with Gasteiger partial charge in [0.15, 0.2) is 6.17 Å². The number of hydrogen-bond acceptors (Lipinski definition) is 6. The molecule has 9 heteroatoms. The molecule has 8 nitrogen and oxygen atoms in total. The minimum Gasteiger partial charge on any atom is -0.496 e. The van der Waals surface area contributed by atoms with Crippen molar-refractivity contribution in [3.63, 3.8) is 0 Å². The third-order valence-electron chi connectivity index (χ3n) is 3.86. The normalized spacial score (nSPS) is 18.7. The average Bonchev–Trinajstić information content (AvgIpc) is 2.98. The van der Waals surface area contributed by atoms with Crippen molar-refractivity contribution < 1.29 is 28.6 Å². The van der Waals surface area contributed by atoms with Gasteiger partial charge < -0.3 is 25.6 Å². The number of nitrogens with one attached hydrogen (secondary N) is 1. The van der Waals surface area contributed by atoms with Crippen LogP contribution in [0.15, 0.2) is 24.4 Å². The maximum absolute atomic E-state index is 13.2. The number of ether oxygens (including phenoxy) is 2. The molecule has 1 aromatic heterocycles. The number of primary amides is 1. The first-order valence-corrected chi connectivity index (χ1v) is 7.78. The molecule has 26 heavy (non-hydrogen) atoms. The minimum atomic E-state index is -1.50. The number of halogens is 1. The highest BCUT2D eigenvalue weighted by atomic mass is 19.1. The molecule has 0 radical (unpaired) electrons. The van der Waals surface area contributed by atoms with E-state index >= 15 is 0 Å². The summed E-state index contributed by atoms with van der Waals surface area (Å²) in [4.78, 5) is 26.8. The summed E-state index contributed by atoms with van der Waals surface area (Å²) in [6, 6.07) is 4.52. The molecule has 0 saturated carbocycles. The standard InChI is InChI=1S/C16H16FN3O4.CH4O/c1-23-13-6-10-8(4-11(13)14(18)21)2-3-19-16(10)24-7-9-5-12(17)15(22)20-9;1-2/h2-4,6,9,12H,5,7H2,1H3,(H2,18,21)(H,20,22);2H,1H3. The van der Waals surface area contributed by atoms with E-state index < -0.39 is 24.0 Å². The fourth-order valence-corrected chi connectivity index (χ4v) is 2.65. The Balaban J connectivity index is 0.00000117. The summed E-state index contributed by atoms with van der Waals surface area (Å²) in [5.41, 5.74) is 5.60. The van der Waals surface area contributed by atoms with E-state index in [4.69, 9.17) is 20.3 Å². The van der Waals surface area contributed by atoms with Crippen molar-refractivity contribution in [2.45, 2.75) is 18.6 Å². The lowest BCUT2D eigenvalue weighted by atomic mass is 10.1. The van der Waals surface area contributed by atoms with Gasteiger partial charge >= 0.3 is 0 Å². The first-order valence-electron chi connectivity index (χ1n) is 7.78. The van der Waals surface area contributed by atoms with Crippen molar-refractivity contribution in [1.82, 2.24) is 10.3 Å². The zero-order valence-electron chi connectivity index (χ0n) is 14.4. The number of nitrogens with two attached hydrogens (primary N) is 1. The second kappa shape index (κ2) is 8.43. The number of fused-ring (bicyclic) bond motifs is 1. The topological polar surface area (TPSA) is 124 Å². The number of rotatable bonds is 5. The zero-order valence-corrected chi connectivity index (χ0v) is 14.4. The molecule has 1 aliphatic rings. The van der Waals surface area contributed by atoms with Crippen LogP contribution in [0.1, 0.15) is 16.8 Å². The highest BCUT2D eigenvalue weighted by Gasteiger charge is 2.32. The van der Waals surface area contributed by atoms with Gasteiger partial charge in [-0.15, -0.1) is 0 Å². The van der Waals surface area contributed by atoms with Crippen LogP contribution in [0, 0.1) is 0 Å². The van der Waals surface area contributed by atoms with Gasteiger partial charge in [0.25, 0.3) is 11.8 Å². The van der Waals surface area contributed by atoms with Crippen molar-refractivity contribution in [2.24, 2.45) is 5.73 Å². The van der Waals surface area contributed by atoms with Crippen molar-refractivity contribution in [1.29, 1.82) is 0 Å². The summed E-state index contributed by atoms with van der Waals surface area (Å²) in [6.45, 7) is 0.0954. The van der Waals surface area contributed by atoms with Gasteiger partial charge in [-0.25, -0.2) is 9.37 Å². The number of carbonyl (C=O) groups excluding carboxylic acids is 2. The van der Waals surface area contributed by atoms with Gasteiger partial charge in [0.2, 0.25) is 5.88 Å². The molecule has 2 aromatic rings. The fourth-order valence-electron chi connectivity index (χ4n) is 2.65. The van der Waals surface area contributed by atoms with E-state index in [-0.39, 0.29) is 18.6 Å². The number of aromatic nitrogens is 1. The Kier molecular flexibility index (Phi) is 6.29. The molecule has 2 atom stereocenters. The molecule has 0 aliphatic carbocycles. The minimum absolute atomic E-state index is 0.0682. The molecular weight excluding hydrogens is 345 g/mol. The molecule has 3 rings (SSSR count). The molecule has 1 saturated heterocycles. The van der Waals surface area contributed by atoms with E-state index in [9.17, 15) is 14.0 Å². The lowest BCUT2D eigenvalue weighted by Crippen LogP contribution is -2.31. The number of nitrogens with zero attached hydrogens (tertiary/aromatic N) is 1. The number of amides is 2. The summed E-state index contributed by atoms with van der Waals surface area (Å²) in [5.74, 6) is -0.609. The average molecular weight is 365 g/mol. The van der Waals surface area contributed by atoms with Crippen molar-refractivity contribution in [2.75, 3.05) is 20.8 Å². The molecule has 2 heterocycles. The van der Waals surface area contributed by atoms with Gasteiger partial charge in [0, 0.05) is 25.1 Å². The molecule has 1 fully saturated rings. The Morgan fingerprint density at radius 3 is 2.77 bits per heavy atom. The van der Waals surface area contributed by atoms with Crippen molar-refractivity contribution in [3.8, 4) is 11.6 Å². The third kappa shape index (κ3) is 3.99. The molecule has 0 bridgehead atoms. The van der Waals surface area contributed by atoms with Crippen LogP contribution < -0.4 is 20.5 Å². The Bertz CT molecular complexity index is 814. The molecule has 4 N–H and O–H groups in total. The second-order valence-electron chi connectivity index (χ2n) is 5.47. The molecule has 1 aromatic carbocycles. The van der Waals surface area contributed by atoms with E-state index in [0.29, 0.717) is 22.4 Å². The highest BCUT2D eigenvalue weighted by Crippen LogP contribution is 2.30. The van der Waals surface area contributed by atoms with Crippen LogP contribution in [0.2, 0.25) is 0 Å².